The molecule has 0 amide bonds. The number of rotatable bonds is 11. The Morgan fingerprint density at radius 1 is 0.829 bits per heavy atom. The number of ether oxygens (including phenoxy) is 2. The molecule has 1 atom stereocenters. The first kappa shape index (κ1) is 32.1. The molecule has 7 heteroatoms. The summed E-state index contributed by atoms with van der Waals surface area (Å²) in [4.78, 5) is 16.4. The standard InChI is InChI=1S/C34H36N2O3.2ClH/c1-38-34(37)32-21-20-29-30(11-7-12-31(29)36-32)35-23-22-28-10-5-6-13-33(28)39-24-27-18-16-26(17-19-27)15-14-25-8-3-2-4-9-25;;/h2-6,8-10,13,16-21,30,35H,7,11-12,14-15,22-24H2,1H3;2*1H. The van der Waals surface area contributed by atoms with Gasteiger partial charge in [-0.3, -0.25) is 0 Å². The monoisotopic (exact) mass is 592 g/mol. The number of hydrogen-bond acceptors (Lipinski definition) is 5. The highest BCUT2D eigenvalue weighted by molar-refractivity contribution is 5.87. The van der Waals surface area contributed by atoms with Gasteiger partial charge in [0.1, 0.15) is 18.1 Å². The van der Waals surface area contributed by atoms with Crippen LogP contribution in [0.15, 0.2) is 91.0 Å². The molecule has 0 radical (unpaired) electrons. The normalized spacial score (nSPS) is 13.7. The first-order valence-electron chi connectivity index (χ1n) is 13.8. The number of para-hydroxylation sites is 1. The van der Waals surface area contributed by atoms with Gasteiger partial charge in [0.25, 0.3) is 0 Å². The van der Waals surface area contributed by atoms with Crippen LogP contribution >= 0.6 is 24.8 Å². The van der Waals surface area contributed by atoms with Crippen LogP contribution in [0.2, 0.25) is 0 Å². The van der Waals surface area contributed by atoms with Gasteiger partial charge >= 0.3 is 5.97 Å². The van der Waals surface area contributed by atoms with E-state index in [1.807, 2.05) is 12.1 Å². The highest BCUT2D eigenvalue weighted by atomic mass is 35.5. The molecule has 1 aromatic heterocycles. The molecule has 41 heavy (non-hydrogen) atoms. The summed E-state index contributed by atoms with van der Waals surface area (Å²) in [5.74, 6) is 0.546. The number of hydrogen-bond donors (Lipinski definition) is 1. The fourth-order valence-corrected chi connectivity index (χ4v) is 5.22. The van der Waals surface area contributed by atoms with Gasteiger partial charge in [0, 0.05) is 11.7 Å². The molecule has 3 aromatic carbocycles. The summed E-state index contributed by atoms with van der Waals surface area (Å²) in [5, 5.41) is 3.71. The number of benzene rings is 3. The molecular formula is C34H38Cl2N2O3. The molecule has 1 unspecified atom stereocenters. The number of aromatic nitrogens is 1. The zero-order valence-corrected chi connectivity index (χ0v) is 25.0. The molecule has 0 saturated carbocycles. The predicted octanol–water partition coefficient (Wildman–Crippen LogP) is 7.29. The highest BCUT2D eigenvalue weighted by Gasteiger charge is 2.22. The molecule has 1 heterocycles. The number of aryl methyl sites for hydroxylation is 3. The molecule has 0 aliphatic heterocycles. The number of fused-ring (bicyclic) bond motifs is 1. The van der Waals surface area contributed by atoms with E-state index in [2.05, 4.69) is 83.1 Å². The van der Waals surface area contributed by atoms with Crippen LogP contribution in [0.1, 0.15) is 62.9 Å². The molecule has 216 valence electrons. The zero-order valence-electron chi connectivity index (χ0n) is 23.4. The van der Waals surface area contributed by atoms with E-state index in [1.54, 1.807) is 6.07 Å². The van der Waals surface area contributed by atoms with Crippen LogP contribution < -0.4 is 10.1 Å². The van der Waals surface area contributed by atoms with Crippen molar-refractivity contribution in [2.45, 2.75) is 51.2 Å². The lowest BCUT2D eigenvalue weighted by Crippen LogP contribution is -2.28. The molecule has 5 nitrogen and oxygen atoms in total. The van der Waals surface area contributed by atoms with Gasteiger partial charge < -0.3 is 14.8 Å². The lowest BCUT2D eigenvalue weighted by molar-refractivity contribution is 0.0593. The van der Waals surface area contributed by atoms with Gasteiger partial charge in [0.15, 0.2) is 0 Å². The molecule has 4 aromatic rings. The van der Waals surface area contributed by atoms with Crippen molar-refractivity contribution in [3.8, 4) is 5.75 Å². The van der Waals surface area contributed by atoms with E-state index < -0.39 is 0 Å². The molecule has 0 fully saturated rings. The maximum atomic E-state index is 11.9. The van der Waals surface area contributed by atoms with Crippen molar-refractivity contribution in [1.29, 1.82) is 0 Å². The molecule has 0 spiro atoms. The summed E-state index contributed by atoms with van der Waals surface area (Å²) in [5.41, 5.74) is 7.64. The average Bonchev–Trinajstić information content (AvgIpc) is 3.00. The van der Waals surface area contributed by atoms with Crippen molar-refractivity contribution in [3.63, 3.8) is 0 Å². The summed E-state index contributed by atoms with van der Waals surface area (Å²) in [6.45, 7) is 1.38. The van der Waals surface area contributed by atoms with E-state index in [1.165, 1.54) is 34.9 Å². The van der Waals surface area contributed by atoms with E-state index in [-0.39, 0.29) is 36.8 Å². The number of halogens is 2. The van der Waals surface area contributed by atoms with Crippen LogP contribution in [0, 0.1) is 0 Å². The number of methoxy groups -OCH3 is 1. The topological polar surface area (TPSA) is 60.5 Å². The number of nitrogens with zero attached hydrogens (tertiary/aromatic N) is 1. The van der Waals surface area contributed by atoms with Crippen LogP contribution in [0.25, 0.3) is 0 Å². The molecule has 1 aliphatic carbocycles. The van der Waals surface area contributed by atoms with Crippen LogP contribution in [-0.4, -0.2) is 24.6 Å². The van der Waals surface area contributed by atoms with Crippen LogP contribution in [-0.2, 0) is 37.0 Å². The number of esters is 1. The molecule has 1 aliphatic rings. The van der Waals surface area contributed by atoms with Gasteiger partial charge in [-0.1, -0.05) is 78.9 Å². The van der Waals surface area contributed by atoms with Gasteiger partial charge in [-0.15, -0.1) is 24.8 Å². The Morgan fingerprint density at radius 2 is 1.51 bits per heavy atom. The van der Waals surface area contributed by atoms with Gasteiger partial charge in [0.05, 0.1) is 7.11 Å². The number of carbonyl (C=O) groups excluding carboxylic acids is 1. The van der Waals surface area contributed by atoms with Crippen molar-refractivity contribution in [2.75, 3.05) is 13.7 Å². The first-order chi connectivity index (χ1) is 19.2. The molecule has 1 N–H and O–H groups in total. The van der Waals surface area contributed by atoms with E-state index in [4.69, 9.17) is 9.47 Å². The number of pyridine rings is 1. The highest BCUT2D eigenvalue weighted by Crippen LogP contribution is 2.29. The van der Waals surface area contributed by atoms with Crippen molar-refractivity contribution in [2.24, 2.45) is 0 Å². The second-order valence-corrected chi connectivity index (χ2v) is 10.1. The predicted molar refractivity (Wildman–Crippen MR) is 169 cm³/mol. The minimum absolute atomic E-state index is 0. The van der Waals surface area contributed by atoms with E-state index in [9.17, 15) is 4.79 Å². The summed E-state index contributed by atoms with van der Waals surface area (Å²) in [7, 11) is 1.39. The lowest BCUT2D eigenvalue weighted by Gasteiger charge is -2.26. The van der Waals surface area contributed by atoms with Crippen molar-refractivity contribution < 1.29 is 14.3 Å². The number of carbonyl (C=O) groups is 1. The third-order valence-electron chi connectivity index (χ3n) is 7.41. The Bertz CT molecular complexity index is 1380. The number of nitrogens with one attached hydrogen (secondary N) is 1. The fraction of sp³-hybridized carbons (Fsp3) is 0.294. The Balaban J connectivity index is 0.00000231. The minimum Gasteiger partial charge on any atom is -0.489 e. The van der Waals surface area contributed by atoms with Gasteiger partial charge in [0.2, 0.25) is 0 Å². The van der Waals surface area contributed by atoms with E-state index in [0.29, 0.717) is 12.3 Å². The lowest BCUT2D eigenvalue weighted by atomic mass is 9.91. The van der Waals surface area contributed by atoms with Gasteiger partial charge in [-0.2, -0.15) is 0 Å². The Morgan fingerprint density at radius 3 is 2.27 bits per heavy atom. The first-order valence-corrected chi connectivity index (χ1v) is 13.8. The summed E-state index contributed by atoms with van der Waals surface area (Å²) >= 11 is 0. The second-order valence-electron chi connectivity index (χ2n) is 10.1. The smallest absolute Gasteiger partial charge is 0.356 e. The molecule has 0 saturated heterocycles. The molecule has 0 bridgehead atoms. The Hall–Kier alpha value is -3.38. The fourth-order valence-electron chi connectivity index (χ4n) is 5.22. The maximum absolute atomic E-state index is 11.9. The molecule has 5 rings (SSSR count). The zero-order chi connectivity index (χ0) is 26.9. The van der Waals surface area contributed by atoms with Crippen molar-refractivity contribution in [1.82, 2.24) is 10.3 Å². The van der Waals surface area contributed by atoms with E-state index in [0.717, 1.165) is 56.5 Å². The Labute approximate surface area is 255 Å². The summed E-state index contributed by atoms with van der Waals surface area (Å²) in [6.07, 6.45) is 5.96. The minimum atomic E-state index is -0.386. The summed E-state index contributed by atoms with van der Waals surface area (Å²) < 4.78 is 11.1. The van der Waals surface area contributed by atoms with Crippen molar-refractivity contribution in [3.05, 3.63) is 130 Å². The molecular weight excluding hydrogens is 555 g/mol. The van der Waals surface area contributed by atoms with Crippen LogP contribution in [0.3, 0.4) is 0 Å². The average molecular weight is 594 g/mol. The quantitative estimate of drug-likeness (QED) is 0.185. The van der Waals surface area contributed by atoms with Gasteiger partial charge in [-0.25, -0.2) is 9.78 Å². The van der Waals surface area contributed by atoms with Crippen LogP contribution in [0.5, 0.6) is 5.75 Å². The second kappa shape index (κ2) is 16.2. The largest absolute Gasteiger partial charge is 0.489 e. The third-order valence-corrected chi connectivity index (χ3v) is 7.41. The third kappa shape index (κ3) is 8.80. The SMILES string of the molecule is COC(=O)c1ccc2c(n1)CCCC2NCCc1ccccc1OCc1ccc(CCc2ccccc2)cc1.Cl.Cl. The maximum Gasteiger partial charge on any atom is 0.356 e. The Kier molecular flexibility index (Phi) is 12.7. The van der Waals surface area contributed by atoms with Gasteiger partial charge in [-0.05, 0) is 85.0 Å². The summed E-state index contributed by atoms with van der Waals surface area (Å²) in [6, 6.07) is 31.7. The van der Waals surface area contributed by atoms with Crippen LogP contribution in [0.4, 0.5) is 0 Å². The van der Waals surface area contributed by atoms with Crippen molar-refractivity contribution >= 4 is 30.8 Å². The van der Waals surface area contributed by atoms with E-state index >= 15 is 0 Å².